The molecule has 0 N–H and O–H groups in total. The number of ketones is 2. The van der Waals surface area contributed by atoms with Gasteiger partial charge < -0.3 is 18.9 Å². The molecule has 0 bridgehead atoms. The number of Topliss-reactive ketones (excluding diaryl/α,β-unsaturated/α-hetero) is 2. The van der Waals surface area contributed by atoms with E-state index in [2.05, 4.69) is 0 Å². The van der Waals surface area contributed by atoms with Crippen molar-refractivity contribution in [2.75, 3.05) is 40.6 Å². The molecule has 0 heterocycles. The summed E-state index contributed by atoms with van der Waals surface area (Å²) in [6.45, 7) is 1.79. The van der Waals surface area contributed by atoms with Crippen LogP contribution in [0.25, 0.3) is 0 Å². The Kier molecular flexibility index (Phi) is 7.79. The van der Waals surface area contributed by atoms with E-state index in [1.807, 2.05) is 0 Å². The lowest BCUT2D eigenvalue weighted by atomic mass is 10.0. The summed E-state index contributed by atoms with van der Waals surface area (Å²) in [7, 11) is 3.18. The third kappa shape index (κ3) is 5.68. The van der Waals surface area contributed by atoms with Gasteiger partial charge in [0.25, 0.3) is 0 Å². The number of hydrogen-bond donors (Lipinski definition) is 0. The summed E-state index contributed by atoms with van der Waals surface area (Å²) in [5, 5.41) is 0. The first-order valence-electron chi connectivity index (χ1n) is 8.18. The van der Waals surface area contributed by atoms with Crippen LogP contribution in [0, 0.1) is 0 Å². The highest BCUT2D eigenvalue weighted by Crippen LogP contribution is 2.16. The van der Waals surface area contributed by atoms with Crippen LogP contribution in [0.5, 0.6) is 11.5 Å². The number of ether oxygens (including phenoxy) is 4. The van der Waals surface area contributed by atoms with Crippen molar-refractivity contribution < 1.29 is 28.5 Å². The lowest BCUT2D eigenvalue weighted by Gasteiger charge is -2.07. The van der Waals surface area contributed by atoms with Crippen molar-refractivity contribution in [1.29, 1.82) is 0 Å². The molecular weight excluding hydrogens is 336 g/mol. The summed E-state index contributed by atoms with van der Waals surface area (Å²) in [6.07, 6.45) is 0. The van der Waals surface area contributed by atoms with Gasteiger partial charge >= 0.3 is 0 Å². The first kappa shape index (κ1) is 19.6. The normalized spacial score (nSPS) is 10.4. The summed E-state index contributed by atoms with van der Waals surface area (Å²) >= 11 is 0. The number of rotatable bonds is 11. The van der Waals surface area contributed by atoms with Gasteiger partial charge in [-0.2, -0.15) is 0 Å². The van der Waals surface area contributed by atoms with Crippen LogP contribution in [0.15, 0.2) is 48.5 Å². The average molecular weight is 358 g/mol. The van der Waals surface area contributed by atoms with E-state index in [0.717, 1.165) is 0 Å². The highest BCUT2D eigenvalue weighted by atomic mass is 16.5. The van der Waals surface area contributed by atoms with E-state index in [0.29, 0.717) is 49.1 Å². The predicted molar refractivity (Wildman–Crippen MR) is 96.3 cm³/mol. The molecule has 0 aliphatic rings. The summed E-state index contributed by atoms with van der Waals surface area (Å²) in [5.41, 5.74) is 0.629. The van der Waals surface area contributed by atoms with Gasteiger partial charge in [0.05, 0.1) is 13.2 Å². The van der Waals surface area contributed by atoms with Gasteiger partial charge in [-0.05, 0) is 48.5 Å². The maximum atomic E-state index is 12.4. The van der Waals surface area contributed by atoms with Gasteiger partial charge in [0, 0.05) is 25.3 Å². The Morgan fingerprint density at radius 3 is 1.27 bits per heavy atom. The van der Waals surface area contributed by atoms with Crippen molar-refractivity contribution in [3.8, 4) is 11.5 Å². The molecule has 0 atom stereocenters. The molecule has 0 aliphatic carbocycles. The van der Waals surface area contributed by atoms with Crippen LogP contribution in [-0.4, -0.2) is 52.2 Å². The average Bonchev–Trinajstić information content (AvgIpc) is 2.68. The van der Waals surface area contributed by atoms with Crippen molar-refractivity contribution in [2.24, 2.45) is 0 Å². The molecule has 0 amide bonds. The van der Waals surface area contributed by atoms with E-state index in [-0.39, 0.29) is 0 Å². The molecule has 2 aromatic carbocycles. The second kappa shape index (κ2) is 10.3. The summed E-state index contributed by atoms with van der Waals surface area (Å²) < 4.78 is 20.7. The van der Waals surface area contributed by atoms with Crippen LogP contribution in [0.3, 0.4) is 0 Å². The smallest absolute Gasteiger partial charge is 0.233 e. The molecule has 0 radical (unpaired) electrons. The van der Waals surface area contributed by atoms with Gasteiger partial charge in [-0.25, -0.2) is 0 Å². The van der Waals surface area contributed by atoms with E-state index < -0.39 is 11.6 Å². The van der Waals surface area contributed by atoms with Crippen LogP contribution in [0.2, 0.25) is 0 Å². The molecule has 6 heteroatoms. The summed E-state index contributed by atoms with van der Waals surface area (Å²) in [5.74, 6) is 0.0928. The van der Waals surface area contributed by atoms with Crippen molar-refractivity contribution in [1.82, 2.24) is 0 Å². The summed E-state index contributed by atoms with van der Waals surface area (Å²) in [6, 6.07) is 12.9. The molecule has 0 fully saturated rings. The fourth-order valence-electron chi connectivity index (χ4n) is 2.15. The maximum Gasteiger partial charge on any atom is 0.233 e. The van der Waals surface area contributed by atoms with Gasteiger partial charge in [0.1, 0.15) is 24.7 Å². The lowest BCUT2D eigenvalue weighted by molar-refractivity contribution is 0.0817. The molecule has 0 aromatic heterocycles. The quantitative estimate of drug-likeness (QED) is 0.349. The van der Waals surface area contributed by atoms with Gasteiger partial charge in [0.15, 0.2) is 0 Å². The highest BCUT2D eigenvalue weighted by molar-refractivity contribution is 6.49. The Morgan fingerprint density at radius 1 is 0.615 bits per heavy atom. The topological polar surface area (TPSA) is 71.1 Å². The van der Waals surface area contributed by atoms with E-state index in [1.54, 1.807) is 62.8 Å². The molecule has 2 rings (SSSR count). The summed E-state index contributed by atoms with van der Waals surface area (Å²) in [4.78, 5) is 24.7. The minimum absolute atomic E-state index is 0.314. The van der Waals surface area contributed by atoms with Crippen LogP contribution >= 0.6 is 0 Å². The maximum absolute atomic E-state index is 12.4. The molecule has 0 spiro atoms. The zero-order valence-corrected chi connectivity index (χ0v) is 14.9. The molecule has 0 saturated heterocycles. The minimum atomic E-state index is -0.568. The molecular formula is C20H22O6. The van der Waals surface area contributed by atoms with E-state index >= 15 is 0 Å². The second-order valence-electron chi connectivity index (χ2n) is 5.39. The SMILES string of the molecule is COCCOc1ccc(C(=O)C(=O)c2ccc(OCCOC)cc2)cc1. The number of benzene rings is 2. The third-order valence-corrected chi connectivity index (χ3v) is 3.55. The van der Waals surface area contributed by atoms with Gasteiger partial charge in [0.2, 0.25) is 11.6 Å². The molecule has 2 aromatic rings. The van der Waals surface area contributed by atoms with Gasteiger partial charge in [-0.1, -0.05) is 0 Å². The van der Waals surface area contributed by atoms with E-state index in [1.165, 1.54) is 0 Å². The van der Waals surface area contributed by atoms with Crippen LogP contribution in [-0.2, 0) is 9.47 Å². The van der Waals surface area contributed by atoms with Crippen molar-refractivity contribution in [3.63, 3.8) is 0 Å². The molecule has 0 aliphatic heterocycles. The minimum Gasteiger partial charge on any atom is -0.491 e. The molecule has 0 saturated carbocycles. The Hall–Kier alpha value is -2.70. The van der Waals surface area contributed by atoms with E-state index in [4.69, 9.17) is 18.9 Å². The second-order valence-corrected chi connectivity index (χ2v) is 5.39. The van der Waals surface area contributed by atoms with E-state index in [9.17, 15) is 9.59 Å². The first-order chi connectivity index (χ1) is 12.7. The van der Waals surface area contributed by atoms with Crippen molar-refractivity contribution >= 4 is 11.6 Å². The standard InChI is InChI=1S/C20H22O6/c1-23-11-13-25-17-7-3-15(4-8-17)19(21)20(22)16-5-9-18(10-6-16)26-14-12-24-2/h3-10H,11-14H2,1-2H3. The number of hydrogen-bond acceptors (Lipinski definition) is 6. The van der Waals surface area contributed by atoms with Gasteiger partial charge in [-0.3, -0.25) is 9.59 Å². The fraction of sp³-hybridized carbons (Fsp3) is 0.300. The van der Waals surface area contributed by atoms with Gasteiger partial charge in [-0.15, -0.1) is 0 Å². The van der Waals surface area contributed by atoms with Crippen LogP contribution < -0.4 is 9.47 Å². The Balaban J connectivity index is 1.96. The molecule has 138 valence electrons. The Labute approximate surface area is 152 Å². The monoisotopic (exact) mass is 358 g/mol. The number of carbonyl (C=O) groups excluding carboxylic acids is 2. The zero-order valence-electron chi connectivity index (χ0n) is 14.9. The Morgan fingerprint density at radius 2 is 0.962 bits per heavy atom. The van der Waals surface area contributed by atoms with Crippen molar-refractivity contribution in [2.45, 2.75) is 0 Å². The van der Waals surface area contributed by atoms with Crippen LogP contribution in [0.1, 0.15) is 20.7 Å². The predicted octanol–water partition coefficient (Wildman–Crippen LogP) is 2.80. The number of carbonyl (C=O) groups is 2. The molecule has 0 unspecified atom stereocenters. The van der Waals surface area contributed by atoms with Crippen LogP contribution in [0.4, 0.5) is 0 Å². The van der Waals surface area contributed by atoms with Crippen molar-refractivity contribution in [3.05, 3.63) is 59.7 Å². The number of methoxy groups -OCH3 is 2. The first-order valence-corrected chi connectivity index (χ1v) is 8.18. The third-order valence-electron chi connectivity index (χ3n) is 3.55. The highest BCUT2D eigenvalue weighted by Gasteiger charge is 2.18. The lowest BCUT2D eigenvalue weighted by Crippen LogP contribution is -2.14. The fourth-order valence-corrected chi connectivity index (χ4v) is 2.15. The molecule has 6 nitrogen and oxygen atoms in total. The molecule has 26 heavy (non-hydrogen) atoms. The Bertz CT molecular complexity index is 643. The largest absolute Gasteiger partial charge is 0.491 e. The zero-order chi connectivity index (χ0) is 18.8.